The maximum Gasteiger partial charge on any atom is 0.270 e. The van der Waals surface area contributed by atoms with Crippen molar-refractivity contribution in [3.05, 3.63) is 70.3 Å². The minimum Gasteiger partial charge on any atom is -0.392 e. The fraction of sp³-hybridized carbons (Fsp3) is 0.400. The maximum atomic E-state index is 13.0. The van der Waals surface area contributed by atoms with E-state index in [1.165, 1.54) is 22.5 Å². The van der Waals surface area contributed by atoms with Gasteiger partial charge in [0.05, 0.1) is 15.9 Å². The van der Waals surface area contributed by atoms with Crippen LogP contribution in [0, 0.1) is 16.0 Å². The smallest absolute Gasteiger partial charge is 0.270 e. The van der Waals surface area contributed by atoms with E-state index in [9.17, 15) is 23.6 Å². The molecule has 0 fully saturated rings. The highest BCUT2D eigenvalue weighted by molar-refractivity contribution is 7.89. The van der Waals surface area contributed by atoms with E-state index in [2.05, 4.69) is 0 Å². The van der Waals surface area contributed by atoms with Crippen LogP contribution < -0.4 is 0 Å². The Bertz CT molecular complexity index is 884. The Hall–Kier alpha value is -2.29. The van der Waals surface area contributed by atoms with Crippen LogP contribution in [-0.4, -0.2) is 41.9 Å². The molecular formula is C20H26N2O5S. The van der Waals surface area contributed by atoms with Gasteiger partial charge in [0.25, 0.3) is 5.69 Å². The first-order valence-corrected chi connectivity index (χ1v) is 10.6. The average molecular weight is 407 g/mol. The number of nitro groups is 1. The van der Waals surface area contributed by atoms with Crippen molar-refractivity contribution < 1.29 is 18.4 Å². The summed E-state index contributed by atoms with van der Waals surface area (Å²) in [5.41, 5.74) is 0.786. The fourth-order valence-electron chi connectivity index (χ4n) is 2.89. The zero-order chi connectivity index (χ0) is 20.7. The summed E-state index contributed by atoms with van der Waals surface area (Å²) in [5, 5.41) is 21.4. The normalized spacial score (nSPS) is 13.0. The van der Waals surface area contributed by atoms with Crippen molar-refractivity contribution in [1.29, 1.82) is 0 Å². The molecule has 7 nitrogen and oxygen atoms in total. The summed E-state index contributed by atoms with van der Waals surface area (Å²) in [6, 6.07) is 14.7. The number of hydrogen-bond donors (Lipinski definition) is 1. The monoisotopic (exact) mass is 406 g/mol. The molecule has 28 heavy (non-hydrogen) atoms. The number of benzene rings is 2. The molecule has 2 rings (SSSR count). The third kappa shape index (κ3) is 6.12. The van der Waals surface area contributed by atoms with Crippen LogP contribution in [0.1, 0.15) is 25.8 Å². The molecule has 0 aliphatic rings. The van der Waals surface area contributed by atoms with Crippen LogP contribution in [0.4, 0.5) is 5.69 Å². The van der Waals surface area contributed by atoms with E-state index >= 15 is 0 Å². The van der Waals surface area contributed by atoms with Crippen LogP contribution in [0.2, 0.25) is 0 Å². The lowest BCUT2D eigenvalue weighted by atomic mass is 10.1. The number of aliphatic hydroxyl groups excluding tert-OH is 1. The number of nitro benzene ring substituents is 1. The maximum absolute atomic E-state index is 13.0. The molecule has 0 radical (unpaired) electrons. The second kappa shape index (κ2) is 9.77. The molecule has 1 N–H and O–H groups in total. The molecule has 0 saturated carbocycles. The molecule has 2 aromatic rings. The van der Waals surface area contributed by atoms with Crippen LogP contribution in [0.3, 0.4) is 0 Å². The van der Waals surface area contributed by atoms with Gasteiger partial charge < -0.3 is 5.11 Å². The number of aryl methyl sites for hydroxylation is 1. The van der Waals surface area contributed by atoms with Gasteiger partial charge in [0, 0.05) is 25.2 Å². The summed E-state index contributed by atoms with van der Waals surface area (Å²) in [6.45, 7) is 3.92. The second-order valence-electron chi connectivity index (χ2n) is 7.15. The Morgan fingerprint density at radius 2 is 1.75 bits per heavy atom. The molecule has 0 saturated heterocycles. The zero-order valence-electron chi connectivity index (χ0n) is 16.1. The first-order valence-electron chi connectivity index (χ1n) is 9.16. The van der Waals surface area contributed by atoms with Gasteiger partial charge in [-0.25, -0.2) is 8.42 Å². The number of nitrogens with zero attached hydrogens (tertiary/aromatic N) is 2. The van der Waals surface area contributed by atoms with Crippen molar-refractivity contribution in [1.82, 2.24) is 4.31 Å². The number of non-ortho nitro benzene ring substituents is 1. The molecule has 0 unspecified atom stereocenters. The Labute approximate surface area is 165 Å². The average Bonchev–Trinajstić information content (AvgIpc) is 2.66. The van der Waals surface area contributed by atoms with E-state index in [0.717, 1.165) is 11.6 Å². The number of rotatable bonds is 10. The van der Waals surface area contributed by atoms with Gasteiger partial charge in [-0.05, 0) is 30.4 Å². The van der Waals surface area contributed by atoms with Crippen molar-refractivity contribution in [3.63, 3.8) is 0 Å². The van der Waals surface area contributed by atoms with E-state index < -0.39 is 21.1 Å². The van der Waals surface area contributed by atoms with Crippen molar-refractivity contribution in [2.75, 3.05) is 13.1 Å². The summed E-state index contributed by atoms with van der Waals surface area (Å²) in [6.07, 6.45) is 0.213. The lowest BCUT2D eigenvalue weighted by Crippen LogP contribution is -2.40. The van der Waals surface area contributed by atoms with Gasteiger partial charge in [0.1, 0.15) is 0 Å². The lowest BCUT2D eigenvalue weighted by Gasteiger charge is -2.26. The van der Waals surface area contributed by atoms with Crippen LogP contribution in [0.5, 0.6) is 0 Å². The van der Waals surface area contributed by atoms with E-state index in [1.807, 2.05) is 44.2 Å². The van der Waals surface area contributed by atoms with Crippen molar-refractivity contribution in [2.45, 2.75) is 37.7 Å². The summed E-state index contributed by atoms with van der Waals surface area (Å²) >= 11 is 0. The fourth-order valence-corrected chi connectivity index (χ4v) is 4.57. The van der Waals surface area contributed by atoms with Crippen molar-refractivity contribution in [3.8, 4) is 0 Å². The third-order valence-electron chi connectivity index (χ3n) is 4.26. The van der Waals surface area contributed by atoms with Gasteiger partial charge >= 0.3 is 0 Å². The van der Waals surface area contributed by atoms with Crippen LogP contribution in [0.25, 0.3) is 0 Å². The van der Waals surface area contributed by atoms with Gasteiger partial charge in [0.15, 0.2) is 0 Å². The van der Waals surface area contributed by atoms with Gasteiger partial charge in [-0.1, -0.05) is 50.2 Å². The minimum absolute atomic E-state index is 0.0368. The van der Waals surface area contributed by atoms with E-state index in [1.54, 1.807) is 0 Å². The molecule has 0 aliphatic heterocycles. The van der Waals surface area contributed by atoms with Gasteiger partial charge in [0.2, 0.25) is 10.0 Å². The summed E-state index contributed by atoms with van der Waals surface area (Å²) < 4.78 is 27.3. The standard InChI is InChI=1S/C20H26N2O5S/c1-16(2)14-21(15-19(23)12-11-17-7-4-3-5-8-17)28(26,27)20-10-6-9-18(13-20)22(24)25/h3-10,13,16,19,23H,11-12,14-15H2,1-2H3/t19-/m1/s1. The van der Waals surface area contributed by atoms with Crippen LogP contribution in [-0.2, 0) is 16.4 Å². The van der Waals surface area contributed by atoms with Gasteiger partial charge in [-0.2, -0.15) is 4.31 Å². The predicted octanol–water partition coefficient (Wildman–Crippen LogP) is 3.24. The highest BCUT2D eigenvalue weighted by Gasteiger charge is 2.28. The largest absolute Gasteiger partial charge is 0.392 e. The topological polar surface area (TPSA) is 101 Å². The second-order valence-corrected chi connectivity index (χ2v) is 9.09. The first kappa shape index (κ1) is 22.0. The molecule has 152 valence electrons. The van der Waals surface area contributed by atoms with E-state index in [-0.39, 0.29) is 29.6 Å². The molecule has 0 amide bonds. The molecule has 2 aromatic carbocycles. The van der Waals surface area contributed by atoms with Crippen molar-refractivity contribution in [2.24, 2.45) is 5.92 Å². The highest BCUT2D eigenvalue weighted by atomic mass is 32.2. The molecule has 0 spiro atoms. The number of hydrogen-bond acceptors (Lipinski definition) is 5. The Morgan fingerprint density at radius 1 is 1.07 bits per heavy atom. The molecule has 1 atom stereocenters. The van der Waals surface area contributed by atoms with Crippen molar-refractivity contribution >= 4 is 15.7 Å². The summed E-state index contributed by atoms with van der Waals surface area (Å²) in [7, 11) is -3.96. The summed E-state index contributed by atoms with van der Waals surface area (Å²) in [4.78, 5) is 10.2. The van der Waals surface area contributed by atoms with Crippen LogP contribution >= 0.6 is 0 Å². The highest BCUT2D eigenvalue weighted by Crippen LogP contribution is 2.22. The van der Waals surface area contributed by atoms with Crippen LogP contribution in [0.15, 0.2) is 59.5 Å². The molecule has 8 heteroatoms. The molecule has 0 bridgehead atoms. The summed E-state index contributed by atoms with van der Waals surface area (Å²) in [5.74, 6) is 0.0368. The Balaban J connectivity index is 2.17. The third-order valence-corrected chi connectivity index (χ3v) is 6.09. The predicted molar refractivity (Wildman–Crippen MR) is 107 cm³/mol. The molecule has 0 heterocycles. The molecular weight excluding hydrogens is 380 g/mol. The van der Waals surface area contributed by atoms with Gasteiger partial charge in [-0.15, -0.1) is 0 Å². The quantitative estimate of drug-likeness (QED) is 0.482. The first-order chi connectivity index (χ1) is 13.2. The lowest BCUT2D eigenvalue weighted by molar-refractivity contribution is -0.385. The molecule has 0 aliphatic carbocycles. The van der Waals surface area contributed by atoms with E-state index in [0.29, 0.717) is 12.8 Å². The minimum atomic E-state index is -3.96. The number of sulfonamides is 1. The van der Waals surface area contributed by atoms with Gasteiger partial charge in [-0.3, -0.25) is 10.1 Å². The molecule has 0 aromatic heterocycles. The Morgan fingerprint density at radius 3 is 2.36 bits per heavy atom. The SMILES string of the molecule is CC(C)CN(C[C@H](O)CCc1ccccc1)S(=O)(=O)c1cccc([N+](=O)[O-])c1. The zero-order valence-corrected chi connectivity index (χ0v) is 16.9. The number of aliphatic hydroxyl groups is 1. The van der Waals surface area contributed by atoms with E-state index in [4.69, 9.17) is 0 Å². The Kier molecular flexibility index (Phi) is 7.68.